The summed E-state index contributed by atoms with van der Waals surface area (Å²) in [7, 11) is 0. The van der Waals surface area contributed by atoms with E-state index in [1.54, 1.807) is 12.5 Å². The van der Waals surface area contributed by atoms with Crippen LogP contribution in [0.4, 0.5) is 0 Å². The Kier molecular flexibility index (Phi) is 2.94. The van der Waals surface area contributed by atoms with Crippen LogP contribution in [0.2, 0.25) is 0 Å². The molecule has 0 bridgehead atoms. The standard InChI is InChI=1S/C9H15N3O/c1-2-5-12(8-10-3-1)7-9-11-4-6-13-9/h4,6,10H,1-3,5,7-8H2. The van der Waals surface area contributed by atoms with Gasteiger partial charge in [0.05, 0.1) is 12.7 Å². The number of aromatic nitrogens is 1. The molecule has 4 heteroatoms. The average Bonchev–Trinajstić information content (AvgIpc) is 2.49. The molecule has 0 unspecified atom stereocenters. The lowest BCUT2D eigenvalue weighted by atomic mass is 10.3. The zero-order valence-corrected chi connectivity index (χ0v) is 7.70. The van der Waals surface area contributed by atoms with E-state index in [9.17, 15) is 0 Å². The van der Waals surface area contributed by atoms with Gasteiger partial charge in [-0.05, 0) is 25.9 Å². The highest BCUT2D eigenvalue weighted by Crippen LogP contribution is 2.04. The van der Waals surface area contributed by atoms with Crippen LogP contribution < -0.4 is 5.32 Å². The van der Waals surface area contributed by atoms with Crippen molar-refractivity contribution in [1.82, 2.24) is 15.2 Å². The van der Waals surface area contributed by atoms with Gasteiger partial charge in [0, 0.05) is 6.67 Å². The largest absolute Gasteiger partial charge is 0.448 e. The molecule has 1 aromatic heterocycles. The average molecular weight is 181 g/mol. The molecule has 2 rings (SSSR count). The zero-order valence-electron chi connectivity index (χ0n) is 7.70. The second kappa shape index (κ2) is 4.39. The lowest BCUT2D eigenvalue weighted by Crippen LogP contribution is -2.31. The van der Waals surface area contributed by atoms with E-state index in [0.717, 1.165) is 32.2 Å². The van der Waals surface area contributed by atoms with Gasteiger partial charge < -0.3 is 9.73 Å². The molecule has 2 heterocycles. The minimum absolute atomic E-state index is 0.809. The normalized spacial score (nSPS) is 20.0. The summed E-state index contributed by atoms with van der Waals surface area (Å²) in [5.74, 6) is 0.809. The van der Waals surface area contributed by atoms with E-state index >= 15 is 0 Å². The van der Waals surface area contributed by atoms with Crippen LogP contribution >= 0.6 is 0 Å². The molecule has 0 aromatic carbocycles. The van der Waals surface area contributed by atoms with E-state index in [0.29, 0.717) is 0 Å². The monoisotopic (exact) mass is 181 g/mol. The molecule has 1 saturated heterocycles. The Morgan fingerprint density at radius 2 is 2.54 bits per heavy atom. The quantitative estimate of drug-likeness (QED) is 0.733. The molecule has 0 aliphatic carbocycles. The number of nitrogens with zero attached hydrogens (tertiary/aromatic N) is 2. The molecule has 0 atom stereocenters. The van der Waals surface area contributed by atoms with E-state index in [2.05, 4.69) is 15.2 Å². The fourth-order valence-electron chi connectivity index (χ4n) is 1.56. The smallest absolute Gasteiger partial charge is 0.208 e. The van der Waals surface area contributed by atoms with Gasteiger partial charge in [-0.1, -0.05) is 0 Å². The molecular weight excluding hydrogens is 166 g/mol. The predicted molar refractivity (Wildman–Crippen MR) is 49.0 cm³/mol. The summed E-state index contributed by atoms with van der Waals surface area (Å²) in [6.07, 6.45) is 5.84. The highest BCUT2D eigenvalue weighted by molar-refractivity contribution is 4.80. The molecule has 0 spiro atoms. The SMILES string of the molecule is c1coc(CN2CCCCNC2)n1. The zero-order chi connectivity index (χ0) is 8.93. The number of nitrogens with one attached hydrogen (secondary N) is 1. The predicted octanol–water partition coefficient (Wildman–Crippen LogP) is 0.817. The third-order valence-electron chi connectivity index (χ3n) is 2.26. The summed E-state index contributed by atoms with van der Waals surface area (Å²) in [5, 5.41) is 3.37. The Morgan fingerprint density at radius 1 is 1.54 bits per heavy atom. The van der Waals surface area contributed by atoms with Crippen LogP contribution in [0.5, 0.6) is 0 Å². The van der Waals surface area contributed by atoms with Gasteiger partial charge in [-0.3, -0.25) is 4.90 Å². The molecule has 1 fully saturated rings. The Morgan fingerprint density at radius 3 is 3.38 bits per heavy atom. The van der Waals surface area contributed by atoms with Gasteiger partial charge in [-0.25, -0.2) is 4.98 Å². The van der Waals surface area contributed by atoms with Crippen molar-refractivity contribution in [2.75, 3.05) is 19.8 Å². The van der Waals surface area contributed by atoms with Crippen molar-refractivity contribution in [2.24, 2.45) is 0 Å². The Hall–Kier alpha value is -0.870. The minimum Gasteiger partial charge on any atom is -0.448 e. The van der Waals surface area contributed by atoms with Crippen molar-refractivity contribution >= 4 is 0 Å². The maximum absolute atomic E-state index is 5.20. The third-order valence-corrected chi connectivity index (χ3v) is 2.26. The van der Waals surface area contributed by atoms with Gasteiger partial charge in [0.2, 0.25) is 5.89 Å². The number of rotatable bonds is 2. The highest BCUT2D eigenvalue weighted by Gasteiger charge is 2.10. The summed E-state index contributed by atoms with van der Waals surface area (Å²) in [6, 6.07) is 0. The maximum atomic E-state index is 5.20. The molecule has 0 amide bonds. The van der Waals surface area contributed by atoms with E-state index < -0.39 is 0 Å². The van der Waals surface area contributed by atoms with Gasteiger partial charge in [0.1, 0.15) is 6.26 Å². The molecule has 1 N–H and O–H groups in total. The molecule has 4 nitrogen and oxygen atoms in total. The topological polar surface area (TPSA) is 41.3 Å². The summed E-state index contributed by atoms with van der Waals surface area (Å²) in [6.45, 7) is 4.03. The van der Waals surface area contributed by atoms with Crippen LogP contribution in [0, 0.1) is 0 Å². The van der Waals surface area contributed by atoms with Crippen LogP contribution in [0.15, 0.2) is 16.9 Å². The molecular formula is C9H15N3O. The first-order valence-electron chi connectivity index (χ1n) is 4.76. The Bertz CT molecular complexity index is 227. The van der Waals surface area contributed by atoms with Crippen LogP contribution in [0.25, 0.3) is 0 Å². The van der Waals surface area contributed by atoms with Crippen molar-refractivity contribution in [1.29, 1.82) is 0 Å². The lowest BCUT2D eigenvalue weighted by molar-refractivity contribution is 0.237. The molecule has 1 aliphatic heterocycles. The minimum atomic E-state index is 0.809. The number of oxazole rings is 1. The Balaban J connectivity index is 1.86. The van der Waals surface area contributed by atoms with E-state index in [-0.39, 0.29) is 0 Å². The first kappa shape index (κ1) is 8.72. The van der Waals surface area contributed by atoms with Crippen molar-refractivity contribution in [3.63, 3.8) is 0 Å². The van der Waals surface area contributed by atoms with Crippen molar-refractivity contribution < 1.29 is 4.42 Å². The second-order valence-corrected chi connectivity index (χ2v) is 3.34. The maximum Gasteiger partial charge on any atom is 0.208 e. The van der Waals surface area contributed by atoms with E-state index in [1.807, 2.05) is 0 Å². The van der Waals surface area contributed by atoms with Crippen LogP contribution in [-0.2, 0) is 6.54 Å². The molecule has 0 radical (unpaired) electrons. The van der Waals surface area contributed by atoms with Crippen LogP contribution in [0.3, 0.4) is 0 Å². The highest BCUT2D eigenvalue weighted by atomic mass is 16.3. The Labute approximate surface area is 77.9 Å². The van der Waals surface area contributed by atoms with Gasteiger partial charge in [0.25, 0.3) is 0 Å². The van der Waals surface area contributed by atoms with Crippen LogP contribution in [0.1, 0.15) is 18.7 Å². The molecule has 72 valence electrons. The van der Waals surface area contributed by atoms with E-state index in [4.69, 9.17) is 4.42 Å². The first-order valence-corrected chi connectivity index (χ1v) is 4.76. The van der Waals surface area contributed by atoms with Crippen LogP contribution in [-0.4, -0.2) is 29.6 Å². The fraction of sp³-hybridized carbons (Fsp3) is 0.667. The first-order chi connectivity index (χ1) is 6.45. The van der Waals surface area contributed by atoms with Gasteiger partial charge in [-0.2, -0.15) is 0 Å². The summed E-state index contributed by atoms with van der Waals surface area (Å²) in [5.41, 5.74) is 0. The van der Waals surface area contributed by atoms with E-state index in [1.165, 1.54) is 12.8 Å². The van der Waals surface area contributed by atoms with Crippen molar-refractivity contribution in [2.45, 2.75) is 19.4 Å². The molecule has 1 aliphatic rings. The molecule has 13 heavy (non-hydrogen) atoms. The lowest BCUT2D eigenvalue weighted by Gasteiger charge is -2.17. The fourth-order valence-corrected chi connectivity index (χ4v) is 1.56. The van der Waals surface area contributed by atoms with Crippen molar-refractivity contribution in [3.05, 3.63) is 18.4 Å². The third kappa shape index (κ3) is 2.54. The van der Waals surface area contributed by atoms with Gasteiger partial charge in [-0.15, -0.1) is 0 Å². The second-order valence-electron chi connectivity index (χ2n) is 3.34. The summed E-state index contributed by atoms with van der Waals surface area (Å²) in [4.78, 5) is 6.42. The van der Waals surface area contributed by atoms with Crippen molar-refractivity contribution in [3.8, 4) is 0 Å². The molecule has 1 aromatic rings. The van der Waals surface area contributed by atoms with Gasteiger partial charge >= 0.3 is 0 Å². The number of hydrogen-bond acceptors (Lipinski definition) is 4. The van der Waals surface area contributed by atoms with Gasteiger partial charge in [0.15, 0.2) is 0 Å². The summed E-state index contributed by atoms with van der Waals surface area (Å²) < 4.78 is 5.20. The molecule has 0 saturated carbocycles. The number of hydrogen-bond donors (Lipinski definition) is 1. The summed E-state index contributed by atoms with van der Waals surface area (Å²) >= 11 is 0.